The SMILES string of the molecule is Cc1ccc(-c2ncc3cc(Cl)ccn23)s1. The fraction of sp³-hybridized carbons (Fsp3) is 0.0833. The minimum atomic E-state index is 0.737. The number of imidazole rings is 1. The highest BCUT2D eigenvalue weighted by atomic mass is 35.5. The highest BCUT2D eigenvalue weighted by Gasteiger charge is 2.08. The van der Waals surface area contributed by atoms with E-state index < -0.39 is 0 Å². The molecular weight excluding hydrogens is 240 g/mol. The quantitative estimate of drug-likeness (QED) is 0.636. The van der Waals surface area contributed by atoms with Gasteiger partial charge >= 0.3 is 0 Å². The lowest BCUT2D eigenvalue weighted by atomic mass is 10.4. The van der Waals surface area contributed by atoms with Gasteiger partial charge in [0.05, 0.1) is 16.6 Å². The number of thiophene rings is 1. The van der Waals surface area contributed by atoms with Crippen LogP contribution >= 0.6 is 22.9 Å². The molecule has 3 rings (SSSR count). The van der Waals surface area contributed by atoms with Crippen molar-refractivity contribution >= 4 is 28.5 Å². The summed E-state index contributed by atoms with van der Waals surface area (Å²) in [6.07, 6.45) is 3.80. The van der Waals surface area contributed by atoms with Crippen molar-refractivity contribution in [2.75, 3.05) is 0 Å². The Bertz CT molecular complexity index is 654. The Morgan fingerprint density at radius 3 is 2.94 bits per heavy atom. The number of hydrogen-bond acceptors (Lipinski definition) is 2. The van der Waals surface area contributed by atoms with Gasteiger partial charge < -0.3 is 0 Å². The Hall–Kier alpha value is -1.32. The predicted molar refractivity (Wildman–Crippen MR) is 68.3 cm³/mol. The second kappa shape index (κ2) is 3.61. The van der Waals surface area contributed by atoms with Crippen LogP contribution in [-0.4, -0.2) is 9.38 Å². The molecule has 80 valence electrons. The third-order valence-corrected chi connectivity index (χ3v) is 3.69. The maximum atomic E-state index is 5.94. The van der Waals surface area contributed by atoms with Crippen molar-refractivity contribution in [2.45, 2.75) is 6.92 Å². The van der Waals surface area contributed by atoms with E-state index in [1.165, 1.54) is 9.75 Å². The first-order valence-electron chi connectivity index (χ1n) is 4.93. The molecule has 0 aliphatic heterocycles. The van der Waals surface area contributed by atoms with Gasteiger partial charge in [0, 0.05) is 16.1 Å². The topological polar surface area (TPSA) is 17.3 Å². The number of fused-ring (bicyclic) bond motifs is 1. The molecular formula is C12H9ClN2S. The predicted octanol–water partition coefficient (Wildman–Crippen LogP) is 4.02. The van der Waals surface area contributed by atoms with Crippen LogP contribution in [0.5, 0.6) is 0 Å². The fourth-order valence-electron chi connectivity index (χ4n) is 1.71. The number of halogens is 1. The Kier molecular flexibility index (Phi) is 2.23. The number of pyridine rings is 1. The van der Waals surface area contributed by atoms with E-state index >= 15 is 0 Å². The van der Waals surface area contributed by atoms with Gasteiger partial charge in [-0.2, -0.15) is 0 Å². The standard InChI is InChI=1S/C12H9ClN2S/c1-8-2-3-11(16-8)12-14-7-10-6-9(13)4-5-15(10)12/h2-7H,1H3. The Balaban J connectivity index is 2.25. The largest absolute Gasteiger partial charge is 0.299 e. The zero-order chi connectivity index (χ0) is 11.1. The number of nitrogens with zero attached hydrogens (tertiary/aromatic N) is 2. The molecule has 3 aromatic heterocycles. The average Bonchev–Trinajstić information content (AvgIpc) is 2.83. The third kappa shape index (κ3) is 1.52. The second-order valence-corrected chi connectivity index (χ2v) is 5.36. The number of aromatic nitrogens is 2. The minimum Gasteiger partial charge on any atom is -0.299 e. The van der Waals surface area contributed by atoms with Crippen molar-refractivity contribution in [3.05, 3.63) is 46.6 Å². The van der Waals surface area contributed by atoms with Crippen molar-refractivity contribution in [2.24, 2.45) is 0 Å². The van der Waals surface area contributed by atoms with Gasteiger partial charge in [-0.15, -0.1) is 11.3 Å². The Morgan fingerprint density at radius 1 is 1.31 bits per heavy atom. The van der Waals surface area contributed by atoms with E-state index in [1.807, 2.05) is 24.5 Å². The second-order valence-electron chi connectivity index (χ2n) is 3.63. The van der Waals surface area contributed by atoms with Gasteiger partial charge in [-0.3, -0.25) is 4.40 Å². The molecule has 3 aromatic rings. The van der Waals surface area contributed by atoms with E-state index in [-0.39, 0.29) is 0 Å². The van der Waals surface area contributed by atoms with Crippen molar-refractivity contribution in [3.63, 3.8) is 0 Å². The van der Waals surface area contributed by atoms with Crippen LogP contribution in [0.15, 0.2) is 36.7 Å². The summed E-state index contributed by atoms with van der Waals surface area (Å²) >= 11 is 7.69. The van der Waals surface area contributed by atoms with Crippen LogP contribution in [0.4, 0.5) is 0 Å². The van der Waals surface area contributed by atoms with Crippen molar-refractivity contribution in [1.82, 2.24) is 9.38 Å². The first-order valence-corrected chi connectivity index (χ1v) is 6.13. The average molecular weight is 249 g/mol. The summed E-state index contributed by atoms with van der Waals surface area (Å²) in [5, 5.41) is 0.737. The van der Waals surface area contributed by atoms with Crippen LogP contribution in [0.3, 0.4) is 0 Å². The van der Waals surface area contributed by atoms with E-state index in [0.29, 0.717) is 0 Å². The molecule has 4 heteroatoms. The molecule has 0 atom stereocenters. The first-order chi connectivity index (χ1) is 7.74. The van der Waals surface area contributed by atoms with Crippen molar-refractivity contribution < 1.29 is 0 Å². The van der Waals surface area contributed by atoms with Crippen LogP contribution in [0.25, 0.3) is 16.2 Å². The molecule has 16 heavy (non-hydrogen) atoms. The zero-order valence-corrected chi connectivity index (χ0v) is 10.2. The van der Waals surface area contributed by atoms with Crippen LogP contribution in [-0.2, 0) is 0 Å². The molecule has 0 radical (unpaired) electrons. The zero-order valence-electron chi connectivity index (χ0n) is 8.64. The maximum absolute atomic E-state index is 5.94. The monoisotopic (exact) mass is 248 g/mol. The van der Waals surface area contributed by atoms with E-state index in [9.17, 15) is 0 Å². The third-order valence-electron chi connectivity index (χ3n) is 2.45. The molecule has 0 unspecified atom stereocenters. The summed E-state index contributed by atoms with van der Waals surface area (Å²) in [7, 11) is 0. The van der Waals surface area contributed by atoms with Crippen molar-refractivity contribution in [1.29, 1.82) is 0 Å². The van der Waals surface area contributed by atoms with Crippen LogP contribution in [0.2, 0.25) is 5.02 Å². The van der Waals surface area contributed by atoms with Crippen LogP contribution in [0, 0.1) is 6.92 Å². The molecule has 0 saturated carbocycles. The number of rotatable bonds is 1. The normalized spacial score (nSPS) is 11.1. The van der Waals surface area contributed by atoms with Gasteiger partial charge in [0.1, 0.15) is 0 Å². The molecule has 0 bridgehead atoms. The summed E-state index contributed by atoms with van der Waals surface area (Å²) in [6, 6.07) is 8.00. The molecule has 0 aromatic carbocycles. The molecule has 0 aliphatic rings. The number of hydrogen-bond donors (Lipinski definition) is 0. The molecule has 0 spiro atoms. The van der Waals surface area contributed by atoms with Crippen molar-refractivity contribution in [3.8, 4) is 10.7 Å². The van der Waals surface area contributed by atoms with E-state index in [1.54, 1.807) is 11.3 Å². The van der Waals surface area contributed by atoms with Gasteiger partial charge in [0.2, 0.25) is 0 Å². The Morgan fingerprint density at radius 2 is 2.19 bits per heavy atom. The summed E-state index contributed by atoms with van der Waals surface area (Å²) < 4.78 is 2.05. The molecule has 3 heterocycles. The smallest absolute Gasteiger partial charge is 0.154 e. The molecule has 0 amide bonds. The lowest BCUT2D eigenvalue weighted by molar-refractivity contribution is 1.17. The molecule has 0 fully saturated rings. The van der Waals surface area contributed by atoms with Gasteiger partial charge in [0.25, 0.3) is 0 Å². The molecule has 0 N–H and O–H groups in total. The van der Waals surface area contributed by atoms with Crippen LogP contribution < -0.4 is 0 Å². The molecule has 0 saturated heterocycles. The summed E-state index contributed by atoms with van der Waals surface area (Å²) in [6.45, 7) is 2.10. The van der Waals surface area contributed by atoms with E-state index in [4.69, 9.17) is 11.6 Å². The van der Waals surface area contributed by atoms with Gasteiger partial charge in [-0.25, -0.2) is 4.98 Å². The lowest BCUT2D eigenvalue weighted by Crippen LogP contribution is -1.86. The summed E-state index contributed by atoms with van der Waals surface area (Å²) in [5.41, 5.74) is 1.02. The van der Waals surface area contributed by atoms with Gasteiger partial charge in [-0.05, 0) is 31.2 Å². The number of aryl methyl sites for hydroxylation is 1. The maximum Gasteiger partial charge on any atom is 0.154 e. The summed E-state index contributed by atoms with van der Waals surface area (Å²) in [5.74, 6) is 0.977. The fourth-order valence-corrected chi connectivity index (χ4v) is 2.74. The lowest BCUT2D eigenvalue weighted by Gasteiger charge is -1.98. The molecule has 0 aliphatic carbocycles. The van der Waals surface area contributed by atoms with Crippen LogP contribution in [0.1, 0.15) is 4.88 Å². The minimum absolute atomic E-state index is 0.737. The summed E-state index contributed by atoms with van der Waals surface area (Å²) in [4.78, 5) is 6.91. The van der Waals surface area contributed by atoms with Gasteiger partial charge in [-0.1, -0.05) is 11.6 Å². The highest BCUT2D eigenvalue weighted by molar-refractivity contribution is 7.15. The van der Waals surface area contributed by atoms with Gasteiger partial charge in [0.15, 0.2) is 5.82 Å². The highest BCUT2D eigenvalue weighted by Crippen LogP contribution is 2.27. The Labute approximate surface area is 102 Å². The van der Waals surface area contributed by atoms with E-state index in [2.05, 4.69) is 28.4 Å². The molecule has 2 nitrogen and oxygen atoms in total. The van der Waals surface area contributed by atoms with E-state index in [0.717, 1.165) is 16.4 Å². The first kappa shape index (κ1) is 9.87.